The van der Waals surface area contributed by atoms with Crippen LogP contribution in [0.2, 0.25) is 0 Å². The molecule has 1 aliphatic rings. The Kier molecular flexibility index (Phi) is 5.05. The van der Waals surface area contributed by atoms with Crippen LogP contribution in [0.5, 0.6) is 0 Å². The summed E-state index contributed by atoms with van der Waals surface area (Å²) in [6.07, 6.45) is 3.42. The Hall–Kier alpha value is -1.51. The van der Waals surface area contributed by atoms with E-state index in [0.29, 0.717) is 0 Å². The average Bonchev–Trinajstić information content (AvgIpc) is 2.38. The SMILES string of the molecule is Cc1cc(C)cc(CCN=C(N)N2CCC(C)CC2)c1. The Bertz CT molecular complexity index is 451. The Morgan fingerprint density at radius 3 is 2.40 bits per heavy atom. The van der Waals surface area contributed by atoms with E-state index in [0.717, 1.165) is 37.9 Å². The number of guanidine groups is 1. The van der Waals surface area contributed by atoms with Crippen LogP contribution in [0.15, 0.2) is 23.2 Å². The van der Waals surface area contributed by atoms with Crippen LogP contribution in [0, 0.1) is 19.8 Å². The highest BCUT2D eigenvalue weighted by molar-refractivity contribution is 5.78. The van der Waals surface area contributed by atoms with Crippen molar-refractivity contribution in [1.82, 2.24) is 4.90 Å². The molecule has 0 radical (unpaired) electrons. The second-order valence-corrected chi connectivity index (χ2v) is 6.16. The van der Waals surface area contributed by atoms with Crippen LogP contribution in [0.4, 0.5) is 0 Å². The molecule has 20 heavy (non-hydrogen) atoms. The predicted molar refractivity (Wildman–Crippen MR) is 86.1 cm³/mol. The number of hydrogen-bond donors (Lipinski definition) is 1. The molecule has 1 saturated heterocycles. The van der Waals surface area contributed by atoms with Gasteiger partial charge >= 0.3 is 0 Å². The zero-order chi connectivity index (χ0) is 14.5. The van der Waals surface area contributed by atoms with E-state index < -0.39 is 0 Å². The maximum Gasteiger partial charge on any atom is 0.191 e. The first kappa shape index (κ1) is 14.9. The third kappa shape index (κ3) is 4.26. The van der Waals surface area contributed by atoms with Crippen molar-refractivity contribution in [3.05, 3.63) is 34.9 Å². The van der Waals surface area contributed by atoms with Crippen molar-refractivity contribution >= 4 is 5.96 Å². The summed E-state index contributed by atoms with van der Waals surface area (Å²) in [6.45, 7) is 9.48. The second-order valence-electron chi connectivity index (χ2n) is 6.16. The van der Waals surface area contributed by atoms with Gasteiger partial charge in [-0.1, -0.05) is 36.2 Å². The highest BCUT2D eigenvalue weighted by atomic mass is 15.3. The van der Waals surface area contributed by atoms with Crippen LogP contribution in [-0.2, 0) is 6.42 Å². The Labute approximate surface area is 122 Å². The maximum absolute atomic E-state index is 6.09. The second kappa shape index (κ2) is 6.78. The fourth-order valence-corrected chi connectivity index (χ4v) is 2.85. The molecule has 1 aromatic carbocycles. The van der Waals surface area contributed by atoms with Crippen LogP contribution in [0.3, 0.4) is 0 Å². The number of piperidine rings is 1. The third-order valence-electron chi connectivity index (χ3n) is 4.06. The minimum absolute atomic E-state index is 0.723. The van der Waals surface area contributed by atoms with Gasteiger partial charge in [0.05, 0.1) is 0 Å². The molecular weight excluding hydrogens is 246 g/mol. The summed E-state index contributed by atoms with van der Waals surface area (Å²) >= 11 is 0. The molecule has 0 bridgehead atoms. The minimum atomic E-state index is 0.723. The number of hydrogen-bond acceptors (Lipinski definition) is 1. The fraction of sp³-hybridized carbons (Fsp3) is 0.588. The van der Waals surface area contributed by atoms with E-state index in [1.807, 2.05) is 0 Å². The lowest BCUT2D eigenvalue weighted by atomic mass is 10.00. The van der Waals surface area contributed by atoms with E-state index in [1.54, 1.807) is 0 Å². The fourth-order valence-electron chi connectivity index (χ4n) is 2.85. The van der Waals surface area contributed by atoms with Crippen LogP contribution in [0.25, 0.3) is 0 Å². The van der Waals surface area contributed by atoms with Gasteiger partial charge in [0.1, 0.15) is 0 Å². The summed E-state index contributed by atoms with van der Waals surface area (Å²) in [7, 11) is 0. The molecule has 0 atom stereocenters. The molecule has 2 rings (SSSR count). The number of rotatable bonds is 3. The molecule has 1 aliphatic heterocycles. The van der Waals surface area contributed by atoms with Crippen molar-refractivity contribution < 1.29 is 0 Å². The van der Waals surface area contributed by atoms with Gasteiger partial charge in [-0.15, -0.1) is 0 Å². The van der Waals surface area contributed by atoms with E-state index in [2.05, 4.69) is 48.9 Å². The van der Waals surface area contributed by atoms with E-state index >= 15 is 0 Å². The van der Waals surface area contributed by atoms with Crippen molar-refractivity contribution in [3.8, 4) is 0 Å². The molecule has 110 valence electrons. The van der Waals surface area contributed by atoms with Gasteiger partial charge in [0, 0.05) is 19.6 Å². The molecular formula is C17H27N3. The summed E-state index contributed by atoms with van der Waals surface area (Å²) in [4.78, 5) is 6.77. The number of benzene rings is 1. The first-order valence-corrected chi connectivity index (χ1v) is 7.66. The zero-order valence-electron chi connectivity index (χ0n) is 13.0. The molecule has 0 saturated carbocycles. The van der Waals surface area contributed by atoms with Crippen LogP contribution in [0.1, 0.15) is 36.5 Å². The predicted octanol–water partition coefficient (Wildman–Crippen LogP) is 2.89. The monoisotopic (exact) mass is 273 g/mol. The molecule has 0 unspecified atom stereocenters. The Morgan fingerprint density at radius 2 is 1.80 bits per heavy atom. The first-order chi connectivity index (χ1) is 9.54. The number of nitrogens with zero attached hydrogens (tertiary/aromatic N) is 2. The van der Waals surface area contributed by atoms with Crippen molar-refractivity contribution in [3.63, 3.8) is 0 Å². The highest BCUT2D eigenvalue weighted by Crippen LogP contribution is 2.15. The summed E-state index contributed by atoms with van der Waals surface area (Å²) in [5.74, 6) is 1.55. The van der Waals surface area contributed by atoms with Crippen LogP contribution >= 0.6 is 0 Å². The number of likely N-dealkylation sites (tertiary alicyclic amines) is 1. The van der Waals surface area contributed by atoms with Gasteiger partial charge in [0.15, 0.2) is 5.96 Å². The van der Waals surface area contributed by atoms with Crippen LogP contribution < -0.4 is 5.73 Å². The van der Waals surface area contributed by atoms with Gasteiger partial charge in [-0.3, -0.25) is 4.99 Å². The van der Waals surface area contributed by atoms with Gasteiger partial charge < -0.3 is 10.6 Å². The topological polar surface area (TPSA) is 41.6 Å². The zero-order valence-corrected chi connectivity index (χ0v) is 13.0. The van der Waals surface area contributed by atoms with Crippen molar-refractivity contribution in [2.75, 3.05) is 19.6 Å². The highest BCUT2D eigenvalue weighted by Gasteiger charge is 2.16. The molecule has 0 aromatic heterocycles. The van der Waals surface area contributed by atoms with Crippen LogP contribution in [-0.4, -0.2) is 30.5 Å². The van der Waals surface area contributed by atoms with E-state index in [-0.39, 0.29) is 0 Å². The van der Waals surface area contributed by atoms with E-state index in [9.17, 15) is 0 Å². The summed E-state index contributed by atoms with van der Waals surface area (Å²) < 4.78 is 0. The first-order valence-electron chi connectivity index (χ1n) is 7.66. The summed E-state index contributed by atoms with van der Waals surface area (Å²) in [5.41, 5.74) is 10.1. The third-order valence-corrected chi connectivity index (χ3v) is 4.06. The molecule has 0 aliphatic carbocycles. The number of aryl methyl sites for hydroxylation is 2. The average molecular weight is 273 g/mol. The Morgan fingerprint density at radius 1 is 1.20 bits per heavy atom. The van der Waals surface area contributed by atoms with Gasteiger partial charge in [-0.25, -0.2) is 0 Å². The molecule has 0 spiro atoms. The molecule has 3 nitrogen and oxygen atoms in total. The van der Waals surface area contributed by atoms with Crippen molar-refractivity contribution in [2.45, 2.75) is 40.0 Å². The molecule has 1 aromatic rings. The molecule has 1 heterocycles. The summed E-state index contributed by atoms with van der Waals surface area (Å²) in [6, 6.07) is 6.68. The lowest BCUT2D eigenvalue weighted by Crippen LogP contribution is -2.42. The van der Waals surface area contributed by atoms with Gasteiger partial charge in [0.2, 0.25) is 0 Å². The Balaban J connectivity index is 1.86. The largest absolute Gasteiger partial charge is 0.370 e. The number of nitrogens with two attached hydrogens (primary N) is 1. The summed E-state index contributed by atoms with van der Waals surface area (Å²) in [5, 5.41) is 0. The van der Waals surface area contributed by atoms with Gasteiger partial charge in [-0.05, 0) is 44.6 Å². The number of aliphatic imine (C=N–C) groups is 1. The van der Waals surface area contributed by atoms with Crippen molar-refractivity contribution in [1.29, 1.82) is 0 Å². The normalized spacial score (nSPS) is 17.6. The molecule has 3 heteroatoms. The smallest absolute Gasteiger partial charge is 0.191 e. The quantitative estimate of drug-likeness (QED) is 0.679. The standard InChI is InChI=1S/C17H27N3/c1-13-5-8-20(9-6-13)17(18)19-7-4-16-11-14(2)10-15(3)12-16/h10-13H,4-9H2,1-3H3,(H2,18,19). The minimum Gasteiger partial charge on any atom is -0.370 e. The van der Waals surface area contributed by atoms with Crippen molar-refractivity contribution in [2.24, 2.45) is 16.6 Å². The lowest BCUT2D eigenvalue weighted by Gasteiger charge is -2.31. The lowest BCUT2D eigenvalue weighted by molar-refractivity contribution is 0.277. The van der Waals surface area contributed by atoms with E-state index in [1.165, 1.54) is 29.5 Å². The molecule has 0 amide bonds. The maximum atomic E-state index is 6.09. The molecule has 1 fully saturated rings. The van der Waals surface area contributed by atoms with Gasteiger partial charge in [0.25, 0.3) is 0 Å². The van der Waals surface area contributed by atoms with E-state index in [4.69, 9.17) is 5.73 Å². The van der Waals surface area contributed by atoms with Gasteiger partial charge in [-0.2, -0.15) is 0 Å². The molecule has 2 N–H and O–H groups in total.